The van der Waals surface area contributed by atoms with Crippen LogP contribution in [-0.2, 0) is 4.79 Å². The Bertz CT molecular complexity index is 519. The van der Waals surface area contributed by atoms with Gasteiger partial charge in [-0.25, -0.2) is 0 Å². The number of hydrazine groups is 1. The van der Waals surface area contributed by atoms with Crippen LogP contribution in [0.1, 0.15) is 36.5 Å². The quantitative estimate of drug-likeness (QED) is 0.835. The molecule has 2 N–H and O–H groups in total. The molecule has 6 heteroatoms. The Kier molecular flexibility index (Phi) is 6.21. The number of nitrogens with zero attached hydrogens (tertiary/aromatic N) is 1. The molecule has 1 aliphatic rings. The number of benzene rings is 1. The zero-order chi connectivity index (χ0) is 15.9. The third kappa shape index (κ3) is 5.00. The van der Waals surface area contributed by atoms with Crippen LogP contribution >= 0.6 is 11.6 Å². The minimum atomic E-state index is -0.352. The summed E-state index contributed by atoms with van der Waals surface area (Å²) in [5.41, 5.74) is 5.34. The summed E-state index contributed by atoms with van der Waals surface area (Å²) < 4.78 is 0. The molecule has 0 spiro atoms. The van der Waals surface area contributed by atoms with Crippen molar-refractivity contribution in [3.05, 3.63) is 34.9 Å². The molecule has 0 radical (unpaired) electrons. The van der Waals surface area contributed by atoms with Gasteiger partial charge in [0, 0.05) is 17.1 Å². The van der Waals surface area contributed by atoms with E-state index in [-0.39, 0.29) is 11.8 Å². The zero-order valence-electron chi connectivity index (χ0n) is 12.8. The molecule has 0 aliphatic carbocycles. The average molecular weight is 324 g/mol. The molecule has 1 fully saturated rings. The van der Waals surface area contributed by atoms with Crippen molar-refractivity contribution in [2.45, 2.75) is 26.2 Å². The van der Waals surface area contributed by atoms with E-state index in [1.165, 1.54) is 6.42 Å². The molecule has 1 aromatic rings. The molecular weight excluding hydrogens is 302 g/mol. The molecule has 120 valence electrons. The molecule has 2 amide bonds. The van der Waals surface area contributed by atoms with Crippen LogP contribution in [0.25, 0.3) is 0 Å². The topological polar surface area (TPSA) is 61.4 Å². The van der Waals surface area contributed by atoms with Gasteiger partial charge in [-0.3, -0.25) is 25.3 Å². The van der Waals surface area contributed by atoms with Gasteiger partial charge in [0.1, 0.15) is 0 Å². The second-order valence-corrected chi connectivity index (χ2v) is 6.10. The van der Waals surface area contributed by atoms with E-state index in [4.69, 9.17) is 11.6 Å². The first kappa shape index (κ1) is 16.8. The fourth-order valence-corrected chi connectivity index (χ4v) is 2.80. The van der Waals surface area contributed by atoms with Crippen molar-refractivity contribution >= 4 is 23.4 Å². The fourth-order valence-electron chi connectivity index (χ4n) is 2.67. The van der Waals surface area contributed by atoms with Crippen molar-refractivity contribution < 1.29 is 9.59 Å². The summed E-state index contributed by atoms with van der Waals surface area (Å²) in [6, 6.07) is 6.49. The smallest absolute Gasteiger partial charge is 0.269 e. The SMILES string of the molecule is CC[C@@H]1CCCN(CC(=O)NNC(=O)c2ccc(Cl)cc2)C1. The third-order valence-corrected chi connectivity index (χ3v) is 4.22. The van der Waals surface area contributed by atoms with Gasteiger partial charge in [-0.15, -0.1) is 0 Å². The van der Waals surface area contributed by atoms with Crippen LogP contribution in [0.15, 0.2) is 24.3 Å². The van der Waals surface area contributed by atoms with Crippen molar-refractivity contribution in [2.24, 2.45) is 5.92 Å². The van der Waals surface area contributed by atoms with E-state index < -0.39 is 0 Å². The van der Waals surface area contributed by atoms with Crippen LogP contribution in [0.2, 0.25) is 5.02 Å². The maximum Gasteiger partial charge on any atom is 0.269 e. The molecule has 1 saturated heterocycles. The second kappa shape index (κ2) is 8.15. The lowest BCUT2D eigenvalue weighted by molar-refractivity contribution is -0.123. The van der Waals surface area contributed by atoms with E-state index in [1.807, 2.05) is 0 Å². The van der Waals surface area contributed by atoms with Gasteiger partial charge in [-0.1, -0.05) is 24.9 Å². The lowest BCUT2D eigenvalue weighted by atomic mass is 9.96. The number of amides is 2. The lowest BCUT2D eigenvalue weighted by Crippen LogP contribution is -2.48. The van der Waals surface area contributed by atoms with Crippen LogP contribution in [0, 0.1) is 5.92 Å². The molecule has 1 heterocycles. The predicted octanol–water partition coefficient (Wildman–Crippen LogP) is 2.22. The van der Waals surface area contributed by atoms with Crippen molar-refractivity contribution in [3.8, 4) is 0 Å². The number of hydrogen-bond donors (Lipinski definition) is 2. The van der Waals surface area contributed by atoms with Crippen LogP contribution in [0.4, 0.5) is 0 Å². The Morgan fingerprint density at radius 1 is 1.27 bits per heavy atom. The highest BCUT2D eigenvalue weighted by molar-refractivity contribution is 6.30. The Morgan fingerprint density at radius 2 is 2.00 bits per heavy atom. The monoisotopic (exact) mass is 323 g/mol. The molecule has 0 saturated carbocycles. The number of likely N-dealkylation sites (tertiary alicyclic amines) is 1. The van der Waals surface area contributed by atoms with Crippen molar-refractivity contribution in [1.29, 1.82) is 0 Å². The summed E-state index contributed by atoms with van der Waals surface area (Å²) in [5.74, 6) is 0.124. The van der Waals surface area contributed by atoms with E-state index in [0.717, 1.165) is 25.9 Å². The second-order valence-electron chi connectivity index (χ2n) is 5.66. The molecule has 0 unspecified atom stereocenters. The minimum Gasteiger partial charge on any atom is -0.294 e. The van der Waals surface area contributed by atoms with E-state index in [0.29, 0.717) is 23.0 Å². The van der Waals surface area contributed by atoms with Crippen LogP contribution in [-0.4, -0.2) is 36.3 Å². The first-order valence-corrected chi connectivity index (χ1v) is 8.03. The van der Waals surface area contributed by atoms with Crippen LogP contribution in [0.5, 0.6) is 0 Å². The predicted molar refractivity (Wildman–Crippen MR) is 86.5 cm³/mol. The molecule has 0 aromatic heterocycles. The minimum absolute atomic E-state index is 0.195. The molecular formula is C16H22ClN3O2. The van der Waals surface area contributed by atoms with Gasteiger partial charge in [0.25, 0.3) is 11.8 Å². The van der Waals surface area contributed by atoms with Gasteiger partial charge >= 0.3 is 0 Å². The number of carbonyl (C=O) groups excluding carboxylic acids is 2. The normalized spacial score (nSPS) is 18.7. The summed E-state index contributed by atoms with van der Waals surface area (Å²) in [6.45, 7) is 4.39. The van der Waals surface area contributed by atoms with Gasteiger partial charge in [-0.2, -0.15) is 0 Å². The summed E-state index contributed by atoms with van der Waals surface area (Å²) in [4.78, 5) is 25.9. The summed E-state index contributed by atoms with van der Waals surface area (Å²) in [7, 11) is 0. The standard InChI is InChI=1S/C16H22ClN3O2/c1-2-12-4-3-9-20(10-12)11-15(21)18-19-16(22)13-5-7-14(17)8-6-13/h5-8,12H,2-4,9-11H2,1H3,(H,18,21)(H,19,22)/t12-/m1/s1. The van der Waals surface area contributed by atoms with Crippen LogP contribution < -0.4 is 10.9 Å². The number of rotatable bonds is 4. The molecule has 2 rings (SSSR count). The highest BCUT2D eigenvalue weighted by Crippen LogP contribution is 2.18. The van der Waals surface area contributed by atoms with Gasteiger partial charge in [0.05, 0.1) is 6.54 Å². The van der Waals surface area contributed by atoms with Gasteiger partial charge in [0.2, 0.25) is 0 Å². The Morgan fingerprint density at radius 3 is 2.68 bits per heavy atom. The number of nitrogens with one attached hydrogen (secondary N) is 2. The number of halogens is 1. The van der Waals surface area contributed by atoms with Gasteiger partial charge in [-0.05, 0) is 49.6 Å². The molecule has 1 aromatic carbocycles. The van der Waals surface area contributed by atoms with E-state index in [2.05, 4.69) is 22.7 Å². The largest absolute Gasteiger partial charge is 0.294 e. The van der Waals surface area contributed by atoms with Crippen LogP contribution in [0.3, 0.4) is 0 Å². The Labute approximate surface area is 136 Å². The van der Waals surface area contributed by atoms with E-state index in [9.17, 15) is 9.59 Å². The van der Waals surface area contributed by atoms with E-state index in [1.54, 1.807) is 24.3 Å². The molecule has 5 nitrogen and oxygen atoms in total. The maximum atomic E-state index is 11.9. The Hall–Kier alpha value is -1.59. The van der Waals surface area contributed by atoms with Crippen molar-refractivity contribution in [1.82, 2.24) is 15.8 Å². The number of piperidine rings is 1. The molecule has 1 aliphatic heterocycles. The molecule has 1 atom stereocenters. The zero-order valence-corrected chi connectivity index (χ0v) is 13.5. The van der Waals surface area contributed by atoms with E-state index >= 15 is 0 Å². The average Bonchev–Trinajstić information content (AvgIpc) is 2.53. The highest BCUT2D eigenvalue weighted by Gasteiger charge is 2.20. The summed E-state index contributed by atoms with van der Waals surface area (Å²) in [6.07, 6.45) is 3.51. The van der Waals surface area contributed by atoms with Gasteiger partial charge in [0.15, 0.2) is 0 Å². The number of carbonyl (C=O) groups is 2. The van der Waals surface area contributed by atoms with Crippen molar-refractivity contribution in [2.75, 3.05) is 19.6 Å². The first-order valence-electron chi connectivity index (χ1n) is 7.65. The summed E-state index contributed by atoms with van der Waals surface area (Å²) in [5, 5.41) is 0.566. The first-order chi connectivity index (χ1) is 10.6. The lowest BCUT2D eigenvalue weighted by Gasteiger charge is -2.31. The molecule has 22 heavy (non-hydrogen) atoms. The highest BCUT2D eigenvalue weighted by atomic mass is 35.5. The molecule has 0 bridgehead atoms. The third-order valence-electron chi connectivity index (χ3n) is 3.97. The number of hydrogen-bond acceptors (Lipinski definition) is 3. The maximum absolute atomic E-state index is 11.9. The van der Waals surface area contributed by atoms with Crippen molar-refractivity contribution in [3.63, 3.8) is 0 Å². The van der Waals surface area contributed by atoms with Gasteiger partial charge < -0.3 is 0 Å². The summed E-state index contributed by atoms with van der Waals surface area (Å²) >= 11 is 5.77. The fraction of sp³-hybridized carbons (Fsp3) is 0.500. The Balaban J connectivity index is 1.75.